The Morgan fingerprint density at radius 3 is 2.62 bits per heavy atom. The van der Waals surface area contributed by atoms with Crippen molar-refractivity contribution in [3.8, 4) is 0 Å². The first-order valence-corrected chi connectivity index (χ1v) is 9.39. The molecular formula is C14H13IN2O3S. The van der Waals surface area contributed by atoms with Gasteiger partial charge < -0.3 is 5.32 Å². The lowest BCUT2D eigenvalue weighted by Gasteiger charge is -2.30. The van der Waals surface area contributed by atoms with E-state index in [1.807, 2.05) is 40.8 Å². The average molecular weight is 416 g/mol. The van der Waals surface area contributed by atoms with Crippen LogP contribution in [0.1, 0.15) is 0 Å². The van der Waals surface area contributed by atoms with Crippen LogP contribution in [0.5, 0.6) is 0 Å². The molecule has 4 bridgehead atoms. The van der Waals surface area contributed by atoms with Crippen LogP contribution in [-0.2, 0) is 14.8 Å². The quantitative estimate of drug-likeness (QED) is 0.612. The number of benzene rings is 2. The van der Waals surface area contributed by atoms with Gasteiger partial charge in [-0.05, 0) is 12.1 Å². The molecule has 110 valence electrons. The molecule has 21 heavy (non-hydrogen) atoms. The van der Waals surface area contributed by atoms with Crippen molar-refractivity contribution >= 4 is 55.0 Å². The van der Waals surface area contributed by atoms with Crippen LogP contribution >= 0.6 is 22.6 Å². The molecule has 5 nitrogen and oxygen atoms in total. The number of nitrogens with zero attached hydrogens (tertiary/aromatic N) is 1. The number of amides is 1. The smallest absolute Gasteiger partial charge is 0.265 e. The van der Waals surface area contributed by atoms with Gasteiger partial charge in [0.2, 0.25) is 5.91 Å². The summed E-state index contributed by atoms with van der Waals surface area (Å²) < 4.78 is 27.1. The summed E-state index contributed by atoms with van der Waals surface area (Å²) in [4.78, 5) is 11.6. The molecule has 1 aliphatic rings. The maximum Gasteiger partial charge on any atom is 0.265 e. The maximum absolute atomic E-state index is 12.7. The van der Waals surface area contributed by atoms with E-state index in [2.05, 4.69) is 5.32 Å². The molecule has 0 atom stereocenters. The molecule has 1 N–H and O–H groups in total. The molecule has 1 amide bonds. The fourth-order valence-corrected chi connectivity index (χ4v) is 4.50. The van der Waals surface area contributed by atoms with Crippen molar-refractivity contribution in [1.82, 2.24) is 5.32 Å². The normalized spacial score (nSPS) is 15.4. The molecule has 0 aliphatic carbocycles. The second-order valence-corrected chi connectivity index (χ2v) is 7.28. The SMILES string of the molecule is O=C(CI)NCCN1c2cccc3c(cccc23)S1(=O)=O. The maximum atomic E-state index is 12.7. The first kappa shape index (κ1) is 14.6. The number of halogens is 1. The summed E-state index contributed by atoms with van der Waals surface area (Å²) in [5, 5.41) is 4.38. The van der Waals surface area contributed by atoms with Crippen LogP contribution in [0.4, 0.5) is 5.69 Å². The molecule has 2 aromatic rings. The van der Waals surface area contributed by atoms with Gasteiger partial charge in [-0.15, -0.1) is 0 Å². The number of nitrogens with one attached hydrogen (secondary N) is 1. The van der Waals surface area contributed by atoms with Crippen LogP contribution < -0.4 is 9.62 Å². The van der Waals surface area contributed by atoms with Crippen molar-refractivity contribution < 1.29 is 13.2 Å². The molecule has 0 spiro atoms. The number of alkyl halides is 1. The van der Waals surface area contributed by atoms with E-state index in [-0.39, 0.29) is 12.5 Å². The minimum atomic E-state index is -3.55. The molecule has 0 radical (unpaired) electrons. The first-order chi connectivity index (χ1) is 10.1. The molecule has 2 aromatic carbocycles. The zero-order valence-corrected chi connectivity index (χ0v) is 14.0. The monoisotopic (exact) mass is 416 g/mol. The Bertz CT molecular complexity index is 820. The highest BCUT2D eigenvalue weighted by Crippen LogP contribution is 2.39. The highest BCUT2D eigenvalue weighted by atomic mass is 127. The highest BCUT2D eigenvalue weighted by molar-refractivity contribution is 14.1. The zero-order valence-electron chi connectivity index (χ0n) is 11.0. The lowest BCUT2D eigenvalue weighted by Crippen LogP contribution is -2.40. The van der Waals surface area contributed by atoms with Crippen molar-refractivity contribution in [1.29, 1.82) is 0 Å². The Hall–Kier alpha value is -1.35. The van der Waals surface area contributed by atoms with Crippen LogP contribution in [0.2, 0.25) is 0 Å². The van der Waals surface area contributed by atoms with Gasteiger partial charge in [-0.3, -0.25) is 9.10 Å². The summed E-state index contributed by atoms with van der Waals surface area (Å²) in [5.74, 6) is -0.0956. The van der Waals surface area contributed by atoms with Crippen LogP contribution in [0.25, 0.3) is 10.8 Å². The fourth-order valence-electron chi connectivity index (χ4n) is 2.54. The lowest BCUT2D eigenvalue weighted by molar-refractivity contribution is -0.118. The third-order valence-corrected chi connectivity index (χ3v) is 6.02. The minimum Gasteiger partial charge on any atom is -0.354 e. The van der Waals surface area contributed by atoms with E-state index in [4.69, 9.17) is 0 Å². The molecule has 1 heterocycles. The summed E-state index contributed by atoms with van der Waals surface area (Å²) in [5.41, 5.74) is 0.671. The molecule has 0 saturated carbocycles. The Labute approximate surface area is 136 Å². The van der Waals surface area contributed by atoms with Gasteiger partial charge in [0.25, 0.3) is 10.0 Å². The Kier molecular flexibility index (Phi) is 3.78. The highest BCUT2D eigenvalue weighted by Gasteiger charge is 2.32. The number of hydrogen-bond donors (Lipinski definition) is 1. The standard InChI is InChI=1S/C14H13IN2O3S/c15-9-14(18)16-7-8-17-12-5-1-4-11-10(12)3-2-6-13(11)21(17,19)20/h1-6H,7-9H2,(H,16,18). The third kappa shape index (κ3) is 2.38. The Balaban J connectivity index is 2.00. The molecular weight excluding hydrogens is 403 g/mol. The molecule has 0 saturated heterocycles. The summed E-state index contributed by atoms with van der Waals surface area (Å²) in [7, 11) is -3.55. The molecule has 0 aromatic heterocycles. The molecule has 0 fully saturated rings. The molecule has 1 aliphatic heterocycles. The molecule has 3 rings (SSSR count). The lowest BCUT2D eigenvalue weighted by atomic mass is 10.1. The van der Waals surface area contributed by atoms with Gasteiger partial charge >= 0.3 is 0 Å². The minimum absolute atomic E-state index is 0.0956. The van der Waals surface area contributed by atoms with Crippen molar-refractivity contribution in [2.24, 2.45) is 0 Å². The summed E-state index contributed by atoms with van der Waals surface area (Å²) >= 11 is 1.97. The van der Waals surface area contributed by atoms with E-state index in [0.29, 0.717) is 21.6 Å². The van der Waals surface area contributed by atoms with Crippen LogP contribution in [0.3, 0.4) is 0 Å². The van der Waals surface area contributed by atoms with Crippen molar-refractivity contribution in [3.63, 3.8) is 0 Å². The number of anilines is 1. The second kappa shape index (κ2) is 5.45. The Morgan fingerprint density at radius 2 is 1.86 bits per heavy atom. The number of rotatable bonds is 4. The number of carbonyl (C=O) groups is 1. The van der Waals surface area contributed by atoms with E-state index in [0.717, 1.165) is 10.8 Å². The van der Waals surface area contributed by atoms with Gasteiger partial charge in [0, 0.05) is 17.3 Å². The van der Waals surface area contributed by atoms with Gasteiger partial charge in [0.15, 0.2) is 0 Å². The van der Waals surface area contributed by atoms with Crippen LogP contribution in [0, 0.1) is 0 Å². The van der Waals surface area contributed by atoms with Gasteiger partial charge in [-0.2, -0.15) is 0 Å². The number of carbonyl (C=O) groups excluding carboxylic acids is 1. The summed E-state index contributed by atoms with van der Waals surface area (Å²) in [6, 6.07) is 10.8. The van der Waals surface area contributed by atoms with Gasteiger partial charge in [0.1, 0.15) is 0 Å². The van der Waals surface area contributed by atoms with Crippen LogP contribution in [0.15, 0.2) is 41.3 Å². The van der Waals surface area contributed by atoms with E-state index < -0.39 is 10.0 Å². The second-order valence-electron chi connectivity index (χ2n) is 4.69. The van der Waals surface area contributed by atoms with Crippen LogP contribution in [-0.4, -0.2) is 31.8 Å². The van der Waals surface area contributed by atoms with E-state index in [1.54, 1.807) is 18.2 Å². The third-order valence-electron chi connectivity index (χ3n) is 3.45. The van der Waals surface area contributed by atoms with Gasteiger partial charge in [0.05, 0.1) is 21.6 Å². The van der Waals surface area contributed by atoms with E-state index in [9.17, 15) is 13.2 Å². The van der Waals surface area contributed by atoms with Gasteiger partial charge in [-0.1, -0.05) is 46.9 Å². The topological polar surface area (TPSA) is 66.5 Å². The number of hydrogen-bond acceptors (Lipinski definition) is 3. The van der Waals surface area contributed by atoms with E-state index >= 15 is 0 Å². The van der Waals surface area contributed by atoms with Crippen molar-refractivity contribution in [3.05, 3.63) is 36.4 Å². The predicted octanol–water partition coefficient (Wildman–Crippen LogP) is 1.90. The predicted molar refractivity (Wildman–Crippen MR) is 90.4 cm³/mol. The van der Waals surface area contributed by atoms with E-state index in [1.165, 1.54) is 4.31 Å². The van der Waals surface area contributed by atoms with Gasteiger partial charge in [-0.25, -0.2) is 8.42 Å². The number of sulfonamides is 1. The summed E-state index contributed by atoms with van der Waals surface area (Å²) in [6.45, 7) is 0.522. The Morgan fingerprint density at radius 1 is 1.14 bits per heavy atom. The van der Waals surface area contributed by atoms with Crippen molar-refractivity contribution in [2.75, 3.05) is 21.8 Å². The fraction of sp³-hybridized carbons (Fsp3) is 0.214. The zero-order chi connectivity index (χ0) is 15.0. The first-order valence-electron chi connectivity index (χ1n) is 6.43. The summed E-state index contributed by atoms with van der Waals surface area (Å²) in [6.07, 6.45) is 0. The van der Waals surface area contributed by atoms with Crippen molar-refractivity contribution in [2.45, 2.75) is 4.90 Å². The average Bonchev–Trinajstić information content (AvgIpc) is 2.48. The molecule has 7 heteroatoms. The molecule has 0 unspecified atom stereocenters. The largest absolute Gasteiger partial charge is 0.354 e.